The molecule has 6 heteroatoms. The average Bonchev–Trinajstić information content (AvgIpc) is 2.37. The summed E-state index contributed by atoms with van der Waals surface area (Å²) in [5, 5.41) is 16.1. The molecule has 0 aromatic carbocycles. The van der Waals surface area contributed by atoms with Crippen LogP contribution in [-0.2, 0) is 10.2 Å². The molecule has 0 radical (unpaired) electrons. The molecule has 0 fully saturated rings. The van der Waals surface area contributed by atoms with E-state index in [1.165, 1.54) is 0 Å². The summed E-state index contributed by atoms with van der Waals surface area (Å²) < 4.78 is 3.49. The van der Waals surface area contributed by atoms with Gasteiger partial charge in [-0.05, 0) is 19.1 Å². The fraction of sp³-hybridized carbons (Fsp3) is 0.600. The second-order valence-corrected chi connectivity index (χ2v) is 3.33. The van der Waals surface area contributed by atoms with E-state index in [1.54, 1.807) is 13.8 Å². The van der Waals surface area contributed by atoms with Crippen molar-refractivity contribution in [2.75, 3.05) is 0 Å². The van der Waals surface area contributed by atoms with Crippen molar-refractivity contribution in [3.63, 3.8) is 0 Å². The molecule has 1 rings (SSSR count). The summed E-state index contributed by atoms with van der Waals surface area (Å²) in [4.78, 5) is 10.6. The summed E-state index contributed by atoms with van der Waals surface area (Å²) >= 11 is 1.01. The third kappa shape index (κ3) is 1.35. The number of hydrogen-bond donors (Lipinski definition) is 1. The molecule has 1 aromatic rings. The van der Waals surface area contributed by atoms with Crippen molar-refractivity contribution < 1.29 is 9.90 Å². The van der Waals surface area contributed by atoms with Gasteiger partial charge in [-0.15, -0.1) is 5.10 Å². The monoisotopic (exact) mass is 173 g/mol. The Balaban J connectivity index is 3.00. The normalized spacial score (nSPS) is 11.5. The highest BCUT2D eigenvalue weighted by Crippen LogP contribution is 2.22. The van der Waals surface area contributed by atoms with Gasteiger partial charge in [-0.2, -0.15) is 0 Å². The fourth-order valence-electron chi connectivity index (χ4n) is 0.465. The van der Waals surface area contributed by atoms with E-state index in [2.05, 4.69) is 14.8 Å². The SMILES string of the molecule is CC(C)(C(=O)O)c1nnns1. The molecule has 0 aliphatic carbocycles. The van der Waals surface area contributed by atoms with Gasteiger partial charge in [0, 0.05) is 11.5 Å². The molecule has 1 heterocycles. The van der Waals surface area contributed by atoms with Crippen molar-refractivity contribution in [1.82, 2.24) is 14.8 Å². The van der Waals surface area contributed by atoms with Gasteiger partial charge in [0.25, 0.3) is 0 Å². The van der Waals surface area contributed by atoms with Gasteiger partial charge in [-0.1, -0.05) is 4.49 Å². The zero-order valence-electron chi connectivity index (χ0n) is 6.11. The highest BCUT2D eigenvalue weighted by molar-refractivity contribution is 7.05. The molecule has 0 spiro atoms. The van der Waals surface area contributed by atoms with E-state index < -0.39 is 11.4 Å². The minimum absolute atomic E-state index is 0.421. The molecule has 0 unspecified atom stereocenters. The van der Waals surface area contributed by atoms with Crippen LogP contribution >= 0.6 is 11.5 Å². The molecule has 60 valence electrons. The minimum atomic E-state index is -0.978. The van der Waals surface area contributed by atoms with Crippen molar-refractivity contribution in [1.29, 1.82) is 0 Å². The third-order valence-corrected chi connectivity index (χ3v) is 2.29. The van der Waals surface area contributed by atoms with Crippen LogP contribution in [0, 0.1) is 0 Å². The van der Waals surface area contributed by atoms with E-state index in [4.69, 9.17) is 5.11 Å². The van der Waals surface area contributed by atoms with Crippen LogP contribution in [0.4, 0.5) is 0 Å². The van der Waals surface area contributed by atoms with Gasteiger partial charge in [-0.25, -0.2) is 0 Å². The largest absolute Gasteiger partial charge is 0.481 e. The lowest BCUT2D eigenvalue weighted by Gasteiger charge is -2.12. The Labute approximate surface area is 67.2 Å². The van der Waals surface area contributed by atoms with E-state index >= 15 is 0 Å². The van der Waals surface area contributed by atoms with Gasteiger partial charge in [-0.3, -0.25) is 4.79 Å². The number of carbonyl (C=O) groups is 1. The van der Waals surface area contributed by atoms with Crippen LogP contribution in [-0.4, -0.2) is 25.9 Å². The smallest absolute Gasteiger partial charge is 0.316 e. The van der Waals surface area contributed by atoms with Crippen molar-refractivity contribution in [2.45, 2.75) is 19.3 Å². The Bertz CT molecular complexity index is 257. The van der Waals surface area contributed by atoms with E-state index in [0.29, 0.717) is 5.01 Å². The predicted molar refractivity (Wildman–Crippen MR) is 38.4 cm³/mol. The standard InChI is InChI=1S/C5H7N3O2S/c1-5(2,4(9)10)3-6-7-8-11-3/h1-2H3,(H,9,10). The number of nitrogens with zero attached hydrogens (tertiary/aromatic N) is 3. The Morgan fingerprint density at radius 3 is 2.64 bits per heavy atom. The third-order valence-electron chi connectivity index (χ3n) is 1.37. The highest BCUT2D eigenvalue weighted by Gasteiger charge is 2.33. The summed E-state index contributed by atoms with van der Waals surface area (Å²) in [6.07, 6.45) is 0. The molecular weight excluding hydrogens is 166 g/mol. The number of rotatable bonds is 2. The maximum absolute atomic E-state index is 10.6. The molecule has 0 bridgehead atoms. The zero-order valence-corrected chi connectivity index (χ0v) is 6.92. The number of carboxylic acids is 1. The Kier molecular flexibility index (Phi) is 1.86. The maximum atomic E-state index is 10.6. The number of hydrogen-bond acceptors (Lipinski definition) is 5. The van der Waals surface area contributed by atoms with Gasteiger partial charge in [0.05, 0.1) is 0 Å². The molecule has 0 aliphatic heterocycles. The second-order valence-electron chi connectivity index (χ2n) is 2.60. The first-order chi connectivity index (χ1) is 5.05. The van der Waals surface area contributed by atoms with Crippen molar-refractivity contribution in [3.05, 3.63) is 5.01 Å². The molecule has 1 N–H and O–H groups in total. The van der Waals surface area contributed by atoms with Gasteiger partial charge in [0.15, 0.2) is 5.01 Å². The quantitative estimate of drug-likeness (QED) is 0.695. The summed E-state index contributed by atoms with van der Waals surface area (Å²) in [5.74, 6) is -0.920. The summed E-state index contributed by atoms with van der Waals surface area (Å²) in [5.41, 5.74) is -0.978. The topological polar surface area (TPSA) is 76.0 Å². The number of carboxylic acid groups (broad SMARTS) is 1. The van der Waals surface area contributed by atoms with Crippen LogP contribution in [0.1, 0.15) is 18.9 Å². The van der Waals surface area contributed by atoms with E-state index in [-0.39, 0.29) is 0 Å². The van der Waals surface area contributed by atoms with E-state index in [0.717, 1.165) is 11.5 Å². The van der Waals surface area contributed by atoms with Gasteiger partial charge >= 0.3 is 5.97 Å². The zero-order chi connectivity index (χ0) is 8.48. The molecule has 11 heavy (non-hydrogen) atoms. The minimum Gasteiger partial charge on any atom is -0.481 e. The van der Waals surface area contributed by atoms with Crippen molar-refractivity contribution in [2.24, 2.45) is 0 Å². The maximum Gasteiger partial charge on any atom is 0.316 e. The average molecular weight is 173 g/mol. The molecule has 0 amide bonds. The van der Waals surface area contributed by atoms with Crippen molar-refractivity contribution >= 4 is 17.5 Å². The number of aliphatic carboxylic acids is 1. The van der Waals surface area contributed by atoms with E-state index in [9.17, 15) is 4.79 Å². The molecule has 0 aliphatic rings. The van der Waals surface area contributed by atoms with Crippen LogP contribution in [0.2, 0.25) is 0 Å². The summed E-state index contributed by atoms with van der Waals surface area (Å²) in [6, 6.07) is 0. The van der Waals surface area contributed by atoms with Crippen molar-refractivity contribution in [3.8, 4) is 0 Å². The Morgan fingerprint density at radius 2 is 2.27 bits per heavy atom. The van der Waals surface area contributed by atoms with E-state index in [1.807, 2.05) is 0 Å². The van der Waals surface area contributed by atoms with Crippen LogP contribution < -0.4 is 0 Å². The number of aromatic nitrogens is 3. The van der Waals surface area contributed by atoms with Crippen LogP contribution in [0.15, 0.2) is 0 Å². The Hall–Kier alpha value is -1.04. The van der Waals surface area contributed by atoms with Crippen LogP contribution in [0.3, 0.4) is 0 Å². The highest BCUT2D eigenvalue weighted by atomic mass is 32.1. The fourth-order valence-corrected chi connectivity index (χ4v) is 1.00. The first-order valence-corrected chi connectivity index (χ1v) is 3.71. The van der Waals surface area contributed by atoms with Gasteiger partial charge in [0.1, 0.15) is 5.41 Å². The lowest BCUT2D eigenvalue weighted by Crippen LogP contribution is -2.28. The second kappa shape index (κ2) is 2.54. The molecule has 1 aromatic heterocycles. The molecule has 0 saturated heterocycles. The lowest BCUT2D eigenvalue weighted by molar-refractivity contribution is -0.142. The van der Waals surface area contributed by atoms with Gasteiger partial charge in [0.2, 0.25) is 0 Å². The molecule has 5 nitrogen and oxygen atoms in total. The molecule has 0 saturated carbocycles. The molecule has 0 atom stereocenters. The lowest BCUT2D eigenvalue weighted by atomic mass is 9.95. The van der Waals surface area contributed by atoms with Crippen LogP contribution in [0.5, 0.6) is 0 Å². The first kappa shape index (κ1) is 8.06. The summed E-state index contributed by atoms with van der Waals surface area (Å²) in [7, 11) is 0. The van der Waals surface area contributed by atoms with Crippen LogP contribution in [0.25, 0.3) is 0 Å². The Morgan fingerprint density at radius 1 is 1.64 bits per heavy atom. The van der Waals surface area contributed by atoms with Gasteiger partial charge < -0.3 is 5.11 Å². The predicted octanol–water partition coefficient (Wildman–Crippen LogP) is 0.295. The summed E-state index contributed by atoms with van der Waals surface area (Å²) in [6.45, 7) is 3.13. The first-order valence-electron chi connectivity index (χ1n) is 2.94. The molecular formula is C5H7N3O2S.